The van der Waals surface area contributed by atoms with Gasteiger partial charge in [-0.25, -0.2) is 17.6 Å². The number of rotatable bonds is 4. The molecule has 27 heavy (non-hydrogen) atoms. The van der Waals surface area contributed by atoms with E-state index in [1.54, 1.807) is 0 Å². The molecule has 0 unspecified atom stereocenters. The van der Waals surface area contributed by atoms with Gasteiger partial charge in [-0.15, -0.1) is 10.2 Å². The van der Waals surface area contributed by atoms with Crippen molar-refractivity contribution in [1.82, 2.24) is 10.2 Å². The van der Waals surface area contributed by atoms with Crippen molar-refractivity contribution in [2.24, 2.45) is 0 Å². The lowest BCUT2D eigenvalue weighted by Gasteiger charge is -2.08. The summed E-state index contributed by atoms with van der Waals surface area (Å²) in [6, 6.07) is 7.94. The van der Waals surface area contributed by atoms with Crippen LogP contribution in [-0.4, -0.2) is 16.1 Å². The van der Waals surface area contributed by atoms with Crippen molar-refractivity contribution in [3.63, 3.8) is 0 Å². The van der Waals surface area contributed by atoms with Crippen LogP contribution in [0.5, 0.6) is 0 Å². The Morgan fingerprint density at radius 1 is 0.889 bits per heavy atom. The molecule has 0 spiro atoms. The van der Waals surface area contributed by atoms with Crippen LogP contribution in [0.25, 0.3) is 0 Å². The second kappa shape index (κ2) is 7.58. The molecule has 0 aliphatic heterocycles. The van der Waals surface area contributed by atoms with Crippen LogP contribution in [0.3, 0.4) is 0 Å². The molecule has 3 rings (SSSR count). The molecule has 0 fully saturated rings. The topological polar surface area (TPSA) is 66.9 Å². The van der Waals surface area contributed by atoms with Crippen molar-refractivity contribution in [2.75, 3.05) is 10.6 Å². The summed E-state index contributed by atoms with van der Waals surface area (Å²) in [4.78, 5) is 12.1. The highest BCUT2D eigenvalue weighted by Crippen LogP contribution is 2.23. The van der Waals surface area contributed by atoms with Gasteiger partial charge in [-0.05, 0) is 42.5 Å². The highest BCUT2D eigenvalue weighted by Gasteiger charge is 2.15. The van der Waals surface area contributed by atoms with Crippen molar-refractivity contribution in [2.45, 2.75) is 0 Å². The van der Waals surface area contributed by atoms with Crippen molar-refractivity contribution < 1.29 is 22.4 Å². The van der Waals surface area contributed by atoms with E-state index in [9.17, 15) is 22.4 Å². The first-order valence-corrected chi connectivity index (χ1v) is 7.73. The van der Waals surface area contributed by atoms with E-state index in [-0.39, 0.29) is 27.9 Å². The molecule has 10 heteroatoms. The molecule has 138 valence electrons. The molecule has 0 atom stereocenters. The first-order chi connectivity index (χ1) is 12.8. The second-order valence-electron chi connectivity index (χ2n) is 5.23. The summed E-state index contributed by atoms with van der Waals surface area (Å²) in [5.41, 5.74) is -0.188. The average molecular weight is 397 g/mol. The summed E-state index contributed by atoms with van der Waals surface area (Å²) in [5, 5.41) is 12.0. The summed E-state index contributed by atoms with van der Waals surface area (Å²) in [5.74, 6) is -5.63. The Morgan fingerprint density at radius 2 is 1.63 bits per heavy atom. The first-order valence-electron chi connectivity index (χ1n) is 7.36. The first kappa shape index (κ1) is 18.6. The van der Waals surface area contributed by atoms with Gasteiger partial charge in [0.2, 0.25) is 0 Å². The van der Waals surface area contributed by atoms with E-state index in [1.165, 1.54) is 24.3 Å². The normalized spacial score (nSPS) is 10.6. The number of carbonyl (C=O) groups is 1. The molecule has 1 aromatic heterocycles. The van der Waals surface area contributed by atoms with E-state index in [4.69, 9.17) is 11.6 Å². The Morgan fingerprint density at radius 3 is 2.30 bits per heavy atom. The minimum absolute atomic E-state index is 0.00119. The van der Waals surface area contributed by atoms with Gasteiger partial charge in [0.15, 0.2) is 29.0 Å². The van der Waals surface area contributed by atoms with Gasteiger partial charge in [-0.3, -0.25) is 4.79 Å². The summed E-state index contributed by atoms with van der Waals surface area (Å²) in [6.07, 6.45) is 0. The maximum atomic E-state index is 13.6. The van der Waals surface area contributed by atoms with Crippen LogP contribution in [0.15, 0.2) is 42.5 Å². The second-order valence-corrected chi connectivity index (χ2v) is 5.64. The lowest BCUT2D eigenvalue weighted by atomic mass is 10.2. The van der Waals surface area contributed by atoms with Gasteiger partial charge in [0.05, 0.1) is 10.7 Å². The standard InChI is InChI=1S/C17H9ClF4N4O/c18-9-7-8(1-2-10(9)19)23-17(27)13-5-6-14(26-25-13)24-12-4-3-11(20)15(21)16(12)22/h1-7H,(H,23,27)(H,24,26). The average Bonchev–Trinajstić information content (AvgIpc) is 2.66. The molecule has 0 aliphatic rings. The van der Waals surface area contributed by atoms with Crippen LogP contribution in [0.2, 0.25) is 5.02 Å². The van der Waals surface area contributed by atoms with Crippen molar-refractivity contribution in [3.8, 4) is 0 Å². The number of hydrogen-bond donors (Lipinski definition) is 2. The molecule has 2 N–H and O–H groups in total. The van der Waals surface area contributed by atoms with Gasteiger partial charge < -0.3 is 10.6 Å². The van der Waals surface area contributed by atoms with Crippen LogP contribution >= 0.6 is 11.6 Å². The van der Waals surface area contributed by atoms with Crippen molar-refractivity contribution in [1.29, 1.82) is 0 Å². The predicted octanol–water partition coefficient (Wildman–Crippen LogP) is 4.68. The third kappa shape index (κ3) is 4.14. The molecule has 3 aromatic rings. The molecule has 0 saturated carbocycles. The Hall–Kier alpha value is -3.20. The number of carbonyl (C=O) groups excluding carboxylic acids is 1. The monoisotopic (exact) mass is 396 g/mol. The summed E-state index contributed by atoms with van der Waals surface area (Å²) < 4.78 is 52.9. The zero-order valence-corrected chi connectivity index (χ0v) is 14.0. The van der Waals surface area contributed by atoms with Gasteiger partial charge in [0.25, 0.3) is 5.91 Å². The van der Waals surface area contributed by atoms with Crippen LogP contribution < -0.4 is 10.6 Å². The highest BCUT2D eigenvalue weighted by molar-refractivity contribution is 6.31. The third-order valence-corrected chi connectivity index (χ3v) is 3.66. The SMILES string of the molecule is O=C(Nc1ccc(F)c(Cl)c1)c1ccc(Nc2ccc(F)c(F)c2F)nn1. The zero-order chi connectivity index (χ0) is 19.6. The summed E-state index contributed by atoms with van der Waals surface area (Å²) >= 11 is 5.63. The van der Waals surface area contributed by atoms with Crippen LogP contribution in [-0.2, 0) is 0 Å². The van der Waals surface area contributed by atoms with Gasteiger partial charge in [0, 0.05) is 5.69 Å². The minimum Gasteiger partial charge on any atom is -0.336 e. The van der Waals surface area contributed by atoms with Gasteiger partial charge in [0.1, 0.15) is 5.82 Å². The Bertz CT molecular complexity index is 1010. The number of nitrogens with zero attached hydrogens (tertiary/aromatic N) is 2. The number of anilines is 3. The Kier molecular flexibility index (Phi) is 5.22. The molecule has 0 saturated heterocycles. The highest BCUT2D eigenvalue weighted by atomic mass is 35.5. The predicted molar refractivity (Wildman–Crippen MR) is 91.0 cm³/mol. The van der Waals surface area contributed by atoms with E-state index in [0.717, 1.165) is 18.2 Å². The minimum atomic E-state index is -1.62. The number of aromatic nitrogens is 2. The van der Waals surface area contributed by atoms with E-state index < -0.39 is 29.2 Å². The smallest absolute Gasteiger partial charge is 0.276 e. The summed E-state index contributed by atoms with van der Waals surface area (Å²) in [7, 11) is 0. The molecule has 1 heterocycles. The zero-order valence-electron chi connectivity index (χ0n) is 13.2. The maximum absolute atomic E-state index is 13.6. The maximum Gasteiger partial charge on any atom is 0.276 e. The largest absolute Gasteiger partial charge is 0.336 e. The van der Waals surface area contributed by atoms with E-state index in [2.05, 4.69) is 20.8 Å². The van der Waals surface area contributed by atoms with Gasteiger partial charge >= 0.3 is 0 Å². The quantitative estimate of drug-likeness (QED) is 0.496. The van der Waals surface area contributed by atoms with E-state index in [1.807, 2.05) is 0 Å². The fourth-order valence-corrected chi connectivity index (χ4v) is 2.23. The van der Waals surface area contributed by atoms with Crippen molar-refractivity contribution >= 4 is 34.7 Å². The third-order valence-electron chi connectivity index (χ3n) is 3.37. The van der Waals surface area contributed by atoms with Crippen LogP contribution in [0.4, 0.5) is 34.8 Å². The lowest BCUT2D eigenvalue weighted by molar-refractivity contribution is 0.102. The molecule has 0 radical (unpaired) electrons. The fraction of sp³-hybridized carbons (Fsp3) is 0. The van der Waals surface area contributed by atoms with Crippen LogP contribution in [0.1, 0.15) is 10.5 Å². The molecular weight excluding hydrogens is 388 g/mol. The number of benzene rings is 2. The number of amides is 1. The lowest BCUT2D eigenvalue weighted by Crippen LogP contribution is -2.14. The molecule has 1 amide bonds. The fourth-order valence-electron chi connectivity index (χ4n) is 2.05. The Balaban J connectivity index is 1.72. The molecule has 5 nitrogen and oxygen atoms in total. The molecular formula is C17H9ClF4N4O. The molecule has 0 bridgehead atoms. The van der Waals surface area contributed by atoms with Crippen molar-refractivity contribution in [3.05, 3.63) is 76.5 Å². The van der Waals surface area contributed by atoms with E-state index in [0.29, 0.717) is 0 Å². The van der Waals surface area contributed by atoms with E-state index >= 15 is 0 Å². The number of nitrogens with one attached hydrogen (secondary N) is 2. The molecule has 2 aromatic carbocycles. The Labute approximate surface area is 155 Å². The van der Waals surface area contributed by atoms with Gasteiger partial charge in [-0.1, -0.05) is 11.6 Å². The number of halogens is 5. The number of hydrogen-bond acceptors (Lipinski definition) is 4. The molecule has 0 aliphatic carbocycles. The summed E-state index contributed by atoms with van der Waals surface area (Å²) in [6.45, 7) is 0. The van der Waals surface area contributed by atoms with Crippen LogP contribution in [0, 0.1) is 23.3 Å². The van der Waals surface area contributed by atoms with Gasteiger partial charge in [-0.2, -0.15) is 0 Å².